The highest BCUT2D eigenvalue weighted by Gasteiger charge is 2.16. The number of guanidine groups is 1. The molecule has 0 aliphatic heterocycles. The summed E-state index contributed by atoms with van der Waals surface area (Å²) in [5.41, 5.74) is 2.47. The first kappa shape index (κ1) is 25.8. The van der Waals surface area contributed by atoms with Crippen LogP contribution in [0.4, 0.5) is 10.5 Å². The summed E-state index contributed by atoms with van der Waals surface area (Å²) in [5, 5.41) is 9.33. The molecule has 0 unspecified atom stereocenters. The molecule has 30 heavy (non-hydrogen) atoms. The van der Waals surface area contributed by atoms with Gasteiger partial charge in [-0.05, 0) is 64.8 Å². The van der Waals surface area contributed by atoms with Crippen molar-refractivity contribution >= 4 is 41.7 Å². The minimum Gasteiger partial charge on any atom is -0.466 e. The molecule has 3 N–H and O–H groups in total. The van der Waals surface area contributed by atoms with E-state index in [2.05, 4.69) is 20.9 Å². The van der Waals surface area contributed by atoms with Crippen molar-refractivity contribution in [3.05, 3.63) is 53.0 Å². The smallest absolute Gasteiger partial charge is 0.412 e. The first-order valence-corrected chi connectivity index (χ1v) is 9.75. The number of amides is 1. The van der Waals surface area contributed by atoms with Gasteiger partial charge in [0.25, 0.3) is 0 Å². The normalized spacial score (nSPS) is 11.5. The van der Waals surface area contributed by atoms with Crippen LogP contribution in [0.1, 0.15) is 43.4 Å². The third-order valence-electron chi connectivity index (χ3n) is 4.12. The van der Waals surface area contributed by atoms with Gasteiger partial charge >= 0.3 is 6.09 Å². The lowest BCUT2D eigenvalue weighted by Gasteiger charge is -2.19. The molecular weight excluding hydrogens is 495 g/mol. The number of rotatable bonds is 6. The van der Waals surface area contributed by atoms with E-state index in [0.29, 0.717) is 12.2 Å². The molecule has 8 heteroatoms. The molecule has 1 amide bonds. The van der Waals surface area contributed by atoms with Gasteiger partial charge in [0.15, 0.2) is 5.96 Å². The first-order valence-electron chi connectivity index (χ1n) is 9.75. The third kappa shape index (κ3) is 9.06. The average Bonchev–Trinajstić information content (AvgIpc) is 2.95. The van der Waals surface area contributed by atoms with Crippen LogP contribution in [0.2, 0.25) is 0 Å². The minimum absolute atomic E-state index is 0. The summed E-state index contributed by atoms with van der Waals surface area (Å²) in [6.45, 7) is 10.8. The van der Waals surface area contributed by atoms with Crippen LogP contribution in [-0.4, -0.2) is 31.2 Å². The van der Waals surface area contributed by atoms with Gasteiger partial charge in [-0.1, -0.05) is 12.1 Å². The molecule has 0 bridgehead atoms. The lowest BCUT2D eigenvalue weighted by molar-refractivity contribution is 0.0636. The van der Waals surface area contributed by atoms with Gasteiger partial charge in [0.05, 0.1) is 0 Å². The van der Waals surface area contributed by atoms with E-state index < -0.39 is 11.7 Å². The third-order valence-corrected chi connectivity index (χ3v) is 4.12. The Hall–Kier alpha value is -2.23. The topological polar surface area (TPSA) is 87.9 Å². The van der Waals surface area contributed by atoms with Gasteiger partial charge in [0, 0.05) is 31.4 Å². The number of carbonyl (C=O) groups is 1. The average molecular weight is 528 g/mol. The van der Waals surface area contributed by atoms with Crippen molar-refractivity contribution in [3.8, 4) is 0 Å². The van der Waals surface area contributed by atoms with Crippen molar-refractivity contribution in [2.24, 2.45) is 4.99 Å². The highest BCUT2D eigenvalue weighted by atomic mass is 127. The van der Waals surface area contributed by atoms with Crippen LogP contribution in [0, 0.1) is 13.8 Å². The Bertz CT molecular complexity index is 839. The minimum atomic E-state index is -0.516. The predicted octanol–water partition coefficient (Wildman–Crippen LogP) is 4.77. The molecule has 0 aliphatic carbocycles. The Balaban J connectivity index is 0.00000450. The second kappa shape index (κ2) is 11.8. The summed E-state index contributed by atoms with van der Waals surface area (Å²) in [5.74, 6) is 2.57. The van der Waals surface area contributed by atoms with E-state index in [1.165, 1.54) is 0 Å². The van der Waals surface area contributed by atoms with Crippen molar-refractivity contribution in [1.29, 1.82) is 0 Å². The Kier molecular flexibility index (Phi) is 10.2. The molecule has 1 aromatic carbocycles. The SMILES string of the molecule is CN=C(NCCc1ccc(NC(=O)OC(C)(C)C)cc1)NCc1cc(C)oc1C.I. The Labute approximate surface area is 196 Å². The maximum atomic E-state index is 11.8. The molecule has 0 atom stereocenters. The lowest BCUT2D eigenvalue weighted by Crippen LogP contribution is -2.37. The maximum absolute atomic E-state index is 11.8. The number of nitrogens with zero attached hydrogens (tertiary/aromatic N) is 1. The fourth-order valence-electron chi connectivity index (χ4n) is 2.76. The highest BCUT2D eigenvalue weighted by Crippen LogP contribution is 2.14. The number of aliphatic imine (C=N–C) groups is 1. The second-order valence-corrected chi connectivity index (χ2v) is 7.86. The van der Waals surface area contributed by atoms with E-state index in [1.807, 2.05) is 65.0 Å². The Morgan fingerprint density at radius 3 is 2.33 bits per heavy atom. The first-order chi connectivity index (χ1) is 13.7. The molecule has 0 aliphatic rings. The zero-order chi connectivity index (χ0) is 21.4. The fourth-order valence-corrected chi connectivity index (χ4v) is 2.76. The summed E-state index contributed by atoms with van der Waals surface area (Å²) in [7, 11) is 1.75. The van der Waals surface area contributed by atoms with Crippen molar-refractivity contribution in [2.75, 3.05) is 18.9 Å². The molecule has 1 heterocycles. The standard InChI is InChI=1S/C22H32N4O3.HI/c1-15-13-18(16(2)28-15)14-25-20(23-6)24-12-11-17-7-9-19(10-8-17)26-21(27)29-22(3,4)5;/h7-10,13H,11-12,14H2,1-6H3,(H,26,27)(H2,23,24,25);1H. The molecule has 0 fully saturated rings. The molecule has 2 rings (SSSR count). The molecule has 2 aromatic rings. The Morgan fingerprint density at radius 1 is 1.13 bits per heavy atom. The molecule has 0 saturated carbocycles. The van der Waals surface area contributed by atoms with Crippen molar-refractivity contribution in [1.82, 2.24) is 10.6 Å². The van der Waals surface area contributed by atoms with Gasteiger partial charge in [0.1, 0.15) is 17.1 Å². The molecule has 0 spiro atoms. The van der Waals surface area contributed by atoms with E-state index in [4.69, 9.17) is 9.15 Å². The molecule has 0 saturated heterocycles. The van der Waals surface area contributed by atoms with Crippen molar-refractivity contribution < 1.29 is 13.9 Å². The second-order valence-electron chi connectivity index (χ2n) is 7.86. The summed E-state index contributed by atoms with van der Waals surface area (Å²) in [6.07, 6.45) is 0.377. The van der Waals surface area contributed by atoms with Crippen LogP contribution in [0.15, 0.2) is 39.7 Å². The van der Waals surface area contributed by atoms with Crippen LogP contribution >= 0.6 is 24.0 Å². The quantitative estimate of drug-likeness (QED) is 0.286. The number of nitrogens with one attached hydrogen (secondary N) is 3. The number of carbonyl (C=O) groups excluding carboxylic acids is 1. The molecular formula is C22H33IN4O3. The summed E-state index contributed by atoms with van der Waals surface area (Å²) >= 11 is 0. The van der Waals surface area contributed by atoms with Crippen LogP contribution in [0.25, 0.3) is 0 Å². The number of anilines is 1. The molecule has 1 aromatic heterocycles. The van der Waals surface area contributed by atoms with E-state index in [9.17, 15) is 4.79 Å². The van der Waals surface area contributed by atoms with Gasteiger partial charge < -0.3 is 19.8 Å². The zero-order valence-corrected chi connectivity index (χ0v) is 20.9. The number of furan rings is 1. The van der Waals surface area contributed by atoms with Gasteiger partial charge in [-0.15, -0.1) is 24.0 Å². The van der Waals surface area contributed by atoms with Gasteiger partial charge in [0.2, 0.25) is 0 Å². The summed E-state index contributed by atoms with van der Waals surface area (Å²) in [6, 6.07) is 9.75. The van der Waals surface area contributed by atoms with E-state index in [-0.39, 0.29) is 24.0 Å². The fraction of sp³-hybridized carbons (Fsp3) is 0.455. The van der Waals surface area contributed by atoms with Gasteiger partial charge in [-0.2, -0.15) is 0 Å². The van der Waals surface area contributed by atoms with E-state index in [0.717, 1.165) is 41.6 Å². The summed E-state index contributed by atoms with van der Waals surface area (Å²) < 4.78 is 10.8. The van der Waals surface area contributed by atoms with Crippen molar-refractivity contribution in [3.63, 3.8) is 0 Å². The largest absolute Gasteiger partial charge is 0.466 e. The molecule has 166 valence electrons. The van der Waals surface area contributed by atoms with Crippen LogP contribution in [0.5, 0.6) is 0 Å². The van der Waals surface area contributed by atoms with Crippen LogP contribution < -0.4 is 16.0 Å². The summed E-state index contributed by atoms with van der Waals surface area (Å²) in [4.78, 5) is 16.1. The monoisotopic (exact) mass is 528 g/mol. The molecule has 0 radical (unpaired) electrons. The Morgan fingerprint density at radius 2 is 1.80 bits per heavy atom. The predicted molar refractivity (Wildman–Crippen MR) is 132 cm³/mol. The van der Waals surface area contributed by atoms with E-state index in [1.54, 1.807) is 7.05 Å². The van der Waals surface area contributed by atoms with Crippen LogP contribution in [-0.2, 0) is 17.7 Å². The number of aryl methyl sites for hydroxylation is 2. The molecule has 7 nitrogen and oxygen atoms in total. The number of ether oxygens (including phenoxy) is 1. The van der Waals surface area contributed by atoms with Gasteiger partial charge in [-0.3, -0.25) is 10.3 Å². The number of halogens is 1. The lowest BCUT2D eigenvalue weighted by atomic mass is 10.1. The number of hydrogen-bond acceptors (Lipinski definition) is 4. The zero-order valence-electron chi connectivity index (χ0n) is 18.6. The van der Waals surface area contributed by atoms with E-state index >= 15 is 0 Å². The number of benzene rings is 1. The maximum Gasteiger partial charge on any atom is 0.412 e. The highest BCUT2D eigenvalue weighted by molar-refractivity contribution is 14.0. The van der Waals surface area contributed by atoms with Crippen molar-refractivity contribution in [2.45, 2.75) is 53.2 Å². The van der Waals surface area contributed by atoms with Crippen LogP contribution in [0.3, 0.4) is 0 Å². The number of hydrogen-bond donors (Lipinski definition) is 3. The van der Waals surface area contributed by atoms with Gasteiger partial charge in [-0.25, -0.2) is 4.79 Å².